The highest BCUT2D eigenvalue weighted by atomic mass is 32.2. The van der Waals surface area contributed by atoms with E-state index in [1.807, 2.05) is 31.2 Å². The Bertz CT molecular complexity index is 800. The zero-order valence-corrected chi connectivity index (χ0v) is 16.5. The quantitative estimate of drug-likeness (QED) is 0.583. The highest BCUT2D eigenvalue weighted by Gasteiger charge is 2.19. The average Bonchev–Trinajstić information content (AvgIpc) is 3.03. The van der Waals surface area contributed by atoms with Crippen molar-refractivity contribution in [1.82, 2.24) is 20.2 Å². The largest absolute Gasteiger partial charge is 0.494 e. The first-order chi connectivity index (χ1) is 12.2. The van der Waals surface area contributed by atoms with Crippen LogP contribution in [-0.2, 0) is 20.8 Å². The molecule has 1 aromatic heterocycles. The van der Waals surface area contributed by atoms with E-state index in [1.54, 1.807) is 0 Å². The number of rotatable bonds is 10. The van der Waals surface area contributed by atoms with Crippen molar-refractivity contribution in [2.24, 2.45) is 5.41 Å². The monoisotopic (exact) mass is 382 g/mol. The maximum absolute atomic E-state index is 11.0. The van der Waals surface area contributed by atoms with E-state index in [-0.39, 0.29) is 12.0 Å². The van der Waals surface area contributed by atoms with Gasteiger partial charge in [0, 0.05) is 5.56 Å². The fourth-order valence-corrected chi connectivity index (χ4v) is 2.62. The molecule has 9 heteroatoms. The third-order valence-corrected chi connectivity index (χ3v) is 4.57. The van der Waals surface area contributed by atoms with E-state index in [4.69, 9.17) is 8.92 Å². The first kappa shape index (κ1) is 20.3. The first-order valence-corrected chi connectivity index (χ1v) is 10.4. The second-order valence-electron chi connectivity index (χ2n) is 6.86. The molecule has 26 heavy (non-hydrogen) atoms. The zero-order valence-electron chi connectivity index (χ0n) is 15.7. The summed E-state index contributed by atoms with van der Waals surface area (Å²) in [7, 11) is -3.38. The van der Waals surface area contributed by atoms with Crippen LogP contribution in [0.25, 0.3) is 11.4 Å². The molecule has 0 aliphatic heterocycles. The normalized spacial score (nSPS) is 12.3. The van der Waals surface area contributed by atoms with Gasteiger partial charge in [-0.1, -0.05) is 13.8 Å². The molecule has 0 saturated carbocycles. The van der Waals surface area contributed by atoms with Crippen LogP contribution in [0.2, 0.25) is 0 Å². The standard InChI is InChI=1S/C17H26N4O4S/c1-5-21-19-16(18-20-21)14-6-8-15(9-7-14)24-12-10-17(2,3)11-13-25-26(4,22)23/h6-9H,5,10-13H2,1-4H3. The summed E-state index contributed by atoms with van der Waals surface area (Å²) in [6.07, 6.45) is 2.49. The third kappa shape index (κ3) is 6.72. The van der Waals surface area contributed by atoms with Gasteiger partial charge in [0.25, 0.3) is 10.1 Å². The Hall–Kier alpha value is -2.00. The Morgan fingerprint density at radius 1 is 1.12 bits per heavy atom. The predicted molar refractivity (Wildman–Crippen MR) is 98.2 cm³/mol. The predicted octanol–water partition coefficient (Wildman–Crippen LogP) is 2.52. The van der Waals surface area contributed by atoms with Gasteiger partial charge in [-0.3, -0.25) is 4.18 Å². The number of nitrogens with zero attached hydrogens (tertiary/aromatic N) is 4. The Kier molecular flexibility index (Phi) is 6.71. The molecule has 0 amide bonds. The molecular formula is C17H26N4O4S. The number of hydrogen-bond donors (Lipinski definition) is 0. The molecule has 1 aromatic carbocycles. The molecule has 8 nitrogen and oxygen atoms in total. The van der Waals surface area contributed by atoms with Crippen LogP contribution >= 0.6 is 0 Å². The maximum atomic E-state index is 11.0. The summed E-state index contributed by atoms with van der Waals surface area (Å²) in [6, 6.07) is 7.55. The minimum Gasteiger partial charge on any atom is -0.494 e. The summed E-state index contributed by atoms with van der Waals surface area (Å²) in [5, 5.41) is 12.2. The van der Waals surface area contributed by atoms with Gasteiger partial charge >= 0.3 is 0 Å². The number of aryl methyl sites for hydroxylation is 1. The van der Waals surface area contributed by atoms with Gasteiger partial charge in [-0.25, -0.2) is 0 Å². The lowest BCUT2D eigenvalue weighted by atomic mass is 9.86. The van der Waals surface area contributed by atoms with Gasteiger partial charge in [0.05, 0.1) is 26.0 Å². The number of aromatic nitrogens is 4. The summed E-state index contributed by atoms with van der Waals surface area (Å²) in [4.78, 5) is 1.54. The van der Waals surface area contributed by atoms with E-state index in [2.05, 4.69) is 29.3 Å². The van der Waals surface area contributed by atoms with Crippen LogP contribution in [0.3, 0.4) is 0 Å². The summed E-state index contributed by atoms with van der Waals surface area (Å²) in [6.45, 7) is 7.49. The molecule has 0 spiro atoms. The molecule has 0 saturated heterocycles. The number of ether oxygens (including phenoxy) is 1. The van der Waals surface area contributed by atoms with Crippen LogP contribution in [0.5, 0.6) is 5.75 Å². The number of tetrazole rings is 1. The van der Waals surface area contributed by atoms with Crippen LogP contribution in [0.1, 0.15) is 33.6 Å². The zero-order chi connectivity index (χ0) is 19.2. The lowest BCUT2D eigenvalue weighted by molar-refractivity contribution is 0.184. The van der Waals surface area contributed by atoms with Gasteiger partial charge in [-0.2, -0.15) is 13.2 Å². The Morgan fingerprint density at radius 3 is 2.35 bits per heavy atom. The highest BCUT2D eigenvalue weighted by molar-refractivity contribution is 7.85. The summed E-state index contributed by atoms with van der Waals surface area (Å²) in [5.41, 5.74) is 0.808. The van der Waals surface area contributed by atoms with Crippen molar-refractivity contribution in [2.75, 3.05) is 19.5 Å². The van der Waals surface area contributed by atoms with Crippen LogP contribution in [-0.4, -0.2) is 48.1 Å². The maximum Gasteiger partial charge on any atom is 0.264 e. The van der Waals surface area contributed by atoms with E-state index >= 15 is 0 Å². The molecule has 2 aromatic rings. The third-order valence-electron chi connectivity index (χ3n) is 3.97. The van der Waals surface area contributed by atoms with Crippen molar-refractivity contribution in [3.05, 3.63) is 24.3 Å². The van der Waals surface area contributed by atoms with Gasteiger partial charge in [-0.15, -0.1) is 10.2 Å². The van der Waals surface area contributed by atoms with E-state index in [0.29, 0.717) is 25.4 Å². The van der Waals surface area contributed by atoms with Crippen molar-refractivity contribution >= 4 is 10.1 Å². The highest BCUT2D eigenvalue weighted by Crippen LogP contribution is 2.26. The molecule has 144 valence electrons. The second-order valence-corrected chi connectivity index (χ2v) is 8.51. The Balaban J connectivity index is 1.80. The average molecular weight is 382 g/mol. The molecule has 0 N–H and O–H groups in total. The van der Waals surface area contributed by atoms with E-state index < -0.39 is 10.1 Å². The van der Waals surface area contributed by atoms with Gasteiger partial charge < -0.3 is 4.74 Å². The van der Waals surface area contributed by atoms with Crippen LogP contribution in [0, 0.1) is 5.41 Å². The van der Waals surface area contributed by atoms with Gasteiger partial charge in [0.2, 0.25) is 5.82 Å². The minimum atomic E-state index is -3.38. The van der Waals surface area contributed by atoms with Crippen molar-refractivity contribution in [3.8, 4) is 17.1 Å². The topological polar surface area (TPSA) is 96.2 Å². The molecule has 1 heterocycles. The number of benzene rings is 1. The van der Waals surface area contributed by atoms with Crippen molar-refractivity contribution in [2.45, 2.75) is 40.2 Å². The SMILES string of the molecule is CCn1nnc(-c2ccc(OCCC(C)(C)CCOS(C)(=O)=O)cc2)n1. The lowest BCUT2D eigenvalue weighted by Gasteiger charge is -2.24. The van der Waals surface area contributed by atoms with Crippen molar-refractivity contribution in [3.63, 3.8) is 0 Å². The molecule has 0 fully saturated rings. The molecule has 0 radical (unpaired) electrons. The summed E-state index contributed by atoms with van der Waals surface area (Å²) >= 11 is 0. The van der Waals surface area contributed by atoms with Crippen molar-refractivity contribution in [1.29, 1.82) is 0 Å². The molecule has 0 aliphatic carbocycles. The smallest absolute Gasteiger partial charge is 0.264 e. The van der Waals surface area contributed by atoms with Crippen molar-refractivity contribution < 1.29 is 17.3 Å². The van der Waals surface area contributed by atoms with Crippen LogP contribution in [0.15, 0.2) is 24.3 Å². The van der Waals surface area contributed by atoms with E-state index in [0.717, 1.165) is 24.0 Å². The van der Waals surface area contributed by atoms with Crippen LogP contribution in [0.4, 0.5) is 0 Å². The van der Waals surface area contributed by atoms with Crippen LogP contribution < -0.4 is 4.74 Å². The van der Waals surface area contributed by atoms with Gasteiger partial charge in [0.1, 0.15) is 5.75 Å². The van der Waals surface area contributed by atoms with E-state index in [1.165, 1.54) is 4.80 Å². The molecular weight excluding hydrogens is 356 g/mol. The lowest BCUT2D eigenvalue weighted by Crippen LogP contribution is -2.19. The van der Waals surface area contributed by atoms with Gasteiger partial charge in [-0.05, 0) is 54.7 Å². The second kappa shape index (κ2) is 8.59. The first-order valence-electron chi connectivity index (χ1n) is 8.54. The summed E-state index contributed by atoms with van der Waals surface area (Å²) in [5.74, 6) is 1.35. The fraction of sp³-hybridized carbons (Fsp3) is 0.588. The Labute approximate surface area is 154 Å². The minimum absolute atomic E-state index is 0.0762. The Morgan fingerprint density at radius 2 is 1.77 bits per heavy atom. The number of hydrogen-bond acceptors (Lipinski definition) is 7. The molecule has 0 aliphatic rings. The molecule has 0 atom stereocenters. The summed E-state index contributed by atoms with van der Waals surface area (Å²) < 4.78 is 32.6. The molecule has 2 rings (SSSR count). The molecule has 0 unspecified atom stereocenters. The van der Waals surface area contributed by atoms with E-state index in [9.17, 15) is 8.42 Å². The van der Waals surface area contributed by atoms with Gasteiger partial charge in [0.15, 0.2) is 0 Å². The fourth-order valence-electron chi connectivity index (χ4n) is 2.23. The molecule has 0 bridgehead atoms.